The molecule has 0 aliphatic heterocycles. The van der Waals surface area contributed by atoms with Crippen LogP contribution in [-0.2, 0) is 11.3 Å². The van der Waals surface area contributed by atoms with Gasteiger partial charge in [-0.1, -0.05) is 0 Å². The molecule has 0 spiro atoms. The highest BCUT2D eigenvalue weighted by atomic mass is 32.1. The summed E-state index contributed by atoms with van der Waals surface area (Å²) in [6, 6.07) is -0.381. The maximum absolute atomic E-state index is 11.6. The molecule has 1 aromatic rings. The van der Waals surface area contributed by atoms with Crippen molar-refractivity contribution < 1.29 is 14.7 Å². The predicted octanol–water partition coefficient (Wildman–Crippen LogP) is 1.50. The average molecular weight is 271 g/mol. The largest absolute Gasteiger partial charge is 0.481 e. The molecule has 0 aromatic carbocycles. The molecule has 3 N–H and O–H groups in total. The molecule has 0 saturated heterocycles. The van der Waals surface area contributed by atoms with Gasteiger partial charge in [-0.05, 0) is 20.8 Å². The lowest BCUT2D eigenvalue weighted by Gasteiger charge is -2.24. The van der Waals surface area contributed by atoms with Crippen LogP contribution < -0.4 is 10.6 Å². The van der Waals surface area contributed by atoms with Gasteiger partial charge in [0.05, 0.1) is 24.2 Å². The number of carbonyl (C=O) groups is 2. The zero-order valence-electron chi connectivity index (χ0n) is 10.6. The van der Waals surface area contributed by atoms with Gasteiger partial charge in [-0.15, -0.1) is 11.3 Å². The van der Waals surface area contributed by atoms with E-state index in [4.69, 9.17) is 5.11 Å². The quantitative estimate of drug-likeness (QED) is 0.757. The third-order valence-electron chi connectivity index (χ3n) is 2.30. The molecule has 0 atom stereocenters. The summed E-state index contributed by atoms with van der Waals surface area (Å²) in [6.45, 7) is 5.60. The van der Waals surface area contributed by atoms with Gasteiger partial charge < -0.3 is 15.7 Å². The second-order valence-electron chi connectivity index (χ2n) is 4.62. The van der Waals surface area contributed by atoms with Crippen LogP contribution in [-0.4, -0.2) is 27.6 Å². The molecule has 1 aromatic heterocycles. The number of amides is 2. The molecule has 1 rings (SSSR count). The molecule has 100 valence electrons. The van der Waals surface area contributed by atoms with E-state index in [1.165, 1.54) is 11.3 Å². The van der Waals surface area contributed by atoms with E-state index in [-0.39, 0.29) is 12.5 Å². The van der Waals surface area contributed by atoms with Gasteiger partial charge in [0.1, 0.15) is 0 Å². The number of rotatable bonds is 5. The average Bonchev–Trinajstić information content (AvgIpc) is 2.58. The van der Waals surface area contributed by atoms with Gasteiger partial charge in [0, 0.05) is 10.4 Å². The molecule has 0 unspecified atom stereocenters. The number of aliphatic carboxylic acids is 1. The summed E-state index contributed by atoms with van der Waals surface area (Å²) >= 11 is 1.47. The number of nitrogens with one attached hydrogen (secondary N) is 2. The van der Waals surface area contributed by atoms with E-state index in [1.807, 2.05) is 6.92 Å². The van der Waals surface area contributed by atoms with Crippen LogP contribution in [0.1, 0.15) is 30.8 Å². The molecular formula is C11H17N3O3S. The first kappa shape index (κ1) is 14.4. The van der Waals surface area contributed by atoms with Crippen molar-refractivity contribution in [1.29, 1.82) is 0 Å². The van der Waals surface area contributed by atoms with Gasteiger partial charge in [-0.25, -0.2) is 9.78 Å². The fourth-order valence-electron chi connectivity index (χ4n) is 1.43. The molecule has 0 aliphatic carbocycles. The van der Waals surface area contributed by atoms with Crippen molar-refractivity contribution in [2.24, 2.45) is 0 Å². The maximum atomic E-state index is 11.6. The van der Waals surface area contributed by atoms with Gasteiger partial charge in [0.15, 0.2) is 0 Å². The Morgan fingerprint density at radius 1 is 1.50 bits per heavy atom. The molecule has 18 heavy (non-hydrogen) atoms. The van der Waals surface area contributed by atoms with Crippen molar-refractivity contribution in [3.63, 3.8) is 0 Å². The van der Waals surface area contributed by atoms with Crippen molar-refractivity contribution in [1.82, 2.24) is 15.6 Å². The van der Waals surface area contributed by atoms with Crippen LogP contribution in [0.2, 0.25) is 0 Å². The Morgan fingerprint density at radius 2 is 2.17 bits per heavy atom. The molecule has 0 bridgehead atoms. The Kier molecular flexibility index (Phi) is 4.66. The highest BCUT2D eigenvalue weighted by molar-refractivity contribution is 7.09. The lowest BCUT2D eigenvalue weighted by Crippen LogP contribution is -2.49. The minimum Gasteiger partial charge on any atom is -0.481 e. The highest BCUT2D eigenvalue weighted by Gasteiger charge is 2.23. The zero-order valence-corrected chi connectivity index (χ0v) is 11.4. The fraction of sp³-hybridized carbons (Fsp3) is 0.545. The van der Waals surface area contributed by atoms with Gasteiger partial charge in [0.25, 0.3) is 0 Å². The lowest BCUT2D eigenvalue weighted by molar-refractivity contribution is -0.138. The van der Waals surface area contributed by atoms with Gasteiger partial charge >= 0.3 is 12.0 Å². The van der Waals surface area contributed by atoms with E-state index in [0.29, 0.717) is 6.54 Å². The van der Waals surface area contributed by atoms with Crippen LogP contribution in [0.25, 0.3) is 0 Å². The Bertz CT molecular complexity index is 442. The molecule has 7 heteroatoms. The molecule has 0 radical (unpaired) electrons. The highest BCUT2D eigenvalue weighted by Crippen LogP contribution is 2.11. The first-order valence-corrected chi connectivity index (χ1v) is 6.35. The van der Waals surface area contributed by atoms with Gasteiger partial charge in [-0.2, -0.15) is 0 Å². The fourth-order valence-corrected chi connectivity index (χ4v) is 2.15. The van der Waals surface area contributed by atoms with Crippen molar-refractivity contribution in [2.45, 2.75) is 39.3 Å². The lowest BCUT2D eigenvalue weighted by atomic mass is 10.0. The third-order valence-corrected chi connectivity index (χ3v) is 3.23. The Balaban J connectivity index is 2.42. The maximum Gasteiger partial charge on any atom is 0.315 e. The topological polar surface area (TPSA) is 91.3 Å². The number of aryl methyl sites for hydroxylation is 1. The van der Waals surface area contributed by atoms with Crippen LogP contribution in [0.5, 0.6) is 0 Å². The molecule has 6 nitrogen and oxygen atoms in total. The van der Waals surface area contributed by atoms with Crippen LogP contribution in [0.15, 0.2) is 5.51 Å². The molecule has 0 saturated carbocycles. The number of carbonyl (C=O) groups excluding carboxylic acids is 1. The predicted molar refractivity (Wildman–Crippen MR) is 68.6 cm³/mol. The van der Waals surface area contributed by atoms with Gasteiger partial charge in [0.2, 0.25) is 0 Å². The van der Waals surface area contributed by atoms with E-state index < -0.39 is 11.5 Å². The second kappa shape index (κ2) is 5.81. The smallest absolute Gasteiger partial charge is 0.315 e. The van der Waals surface area contributed by atoms with E-state index in [1.54, 1.807) is 19.4 Å². The van der Waals surface area contributed by atoms with Crippen molar-refractivity contribution in [2.75, 3.05) is 0 Å². The number of aromatic nitrogens is 1. The Labute approximate surface area is 109 Å². The monoisotopic (exact) mass is 271 g/mol. The summed E-state index contributed by atoms with van der Waals surface area (Å²) in [7, 11) is 0. The molecule has 0 aliphatic rings. The number of nitrogens with zero attached hydrogens (tertiary/aromatic N) is 1. The zero-order chi connectivity index (χ0) is 13.8. The summed E-state index contributed by atoms with van der Waals surface area (Å²) in [4.78, 5) is 27.3. The minimum absolute atomic E-state index is 0.125. The number of carboxylic acids is 1. The van der Waals surface area contributed by atoms with E-state index in [2.05, 4.69) is 15.6 Å². The van der Waals surface area contributed by atoms with Gasteiger partial charge in [-0.3, -0.25) is 4.79 Å². The summed E-state index contributed by atoms with van der Waals surface area (Å²) in [6.07, 6.45) is -0.125. The van der Waals surface area contributed by atoms with E-state index in [9.17, 15) is 9.59 Å². The molecule has 1 heterocycles. The number of thiazole rings is 1. The number of hydrogen-bond donors (Lipinski definition) is 3. The van der Waals surface area contributed by atoms with Crippen LogP contribution >= 0.6 is 11.3 Å². The number of carboxylic acid groups (broad SMARTS) is 1. The van der Waals surface area contributed by atoms with Crippen LogP contribution in [0, 0.1) is 6.92 Å². The summed E-state index contributed by atoms with van der Waals surface area (Å²) in [5.41, 5.74) is 1.84. The van der Waals surface area contributed by atoms with Crippen molar-refractivity contribution in [3.8, 4) is 0 Å². The third kappa shape index (κ3) is 4.70. The molecule has 0 fully saturated rings. The first-order chi connectivity index (χ1) is 8.30. The normalized spacial score (nSPS) is 11.1. The minimum atomic E-state index is -0.946. The summed E-state index contributed by atoms with van der Waals surface area (Å²) in [5, 5.41) is 14.0. The van der Waals surface area contributed by atoms with E-state index in [0.717, 1.165) is 10.6 Å². The number of hydrogen-bond acceptors (Lipinski definition) is 4. The second-order valence-corrected chi connectivity index (χ2v) is 5.56. The molecular weight excluding hydrogens is 254 g/mol. The SMILES string of the molecule is Cc1ncsc1CNC(=O)NC(C)(C)CC(=O)O. The molecule has 2 amide bonds. The van der Waals surface area contributed by atoms with Crippen molar-refractivity contribution >= 4 is 23.3 Å². The van der Waals surface area contributed by atoms with E-state index >= 15 is 0 Å². The van der Waals surface area contributed by atoms with Crippen LogP contribution in [0.3, 0.4) is 0 Å². The Hall–Kier alpha value is -1.63. The van der Waals surface area contributed by atoms with Crippen LogP contribution in [0.4, 0.5) is 4.79 Å². The first-order valence-electron chi connectivity index (χ1n) is 5.47. The number of urea groups is 1. The standard InChI is InChI=1S/C11H17N3O3S/c1-7-8(18-6-13-7)5-12-10(17)14-11(2,3)4-9(15)16/h6H,4-5H2,1-3H3,(H,15,16)(H2,12,14,17). The van der Waals surface area contributed by atoms with Crippen molar-refractivity contribution in [3.05, 3.63) is 16.1 Å². The summed E-state index contributed by atoms with van der Waals surface area (Å²) < 4.78 is 0. The summed E-state index contributed by atoms with van der Waals surface area (Å²) in [5.74, 6) is -0.946. The Morgan fingerprint density at radius 3 is 2.67 bits per heavy atom.